The first-order valence-corrected chi connectivity index (χ1v) is 10.2. The average Bonchev–Trinajstić information content (AvgIpc) is 2.74. The van der Waals surface area contributed by atoms with Gasteiger partial charge in [0.1, 0.15) is 11.8 Å². The van der Waals surface area contributed by atoms with Gasteiger partial charge in [-0.2, -0.15) is 0 Å². The van der Waals surface area contributed by atoms with Crippen LogP contribution in [0.1, 0.15) is 31.9 Å². The van der Waals surface area contributed by atoms with Gasteiger partial charge in [0.25, 0.3) is 5.91 Å². The van der Waals surface area contributed by atoms with Gasteiger partial charge in [-0.25, -0.2) is 0 Å². The fraction of sp³-hybridized carbons (Fsp3) is 0.391. The van der Waals surface area contributed by atoms with Gasteiger partial charge in [0.05, 0.1) is 12.0 Å². The molecule has 2 aromatic carbocycles. The van der Waals surface area contributed by atoms with Crippen LogP contribution in [0.4, 0.5) is 5.69 Å². The topological polar surface area (TPSA) is 111 Å². The molecule has 1 N–H and O–H groups in total. The number of methoxy groups -OCH3 is 1. The van der Waals surface area contributed by atoms with E-state index in [9.17, 15) is 19.7 Å². The van der Waals surface area contributed by atoms with Gasteiger partial charge in [-0.05, 0) is 39.3 Å². The van der Waals surface area contributed by atoms with Crippen molar-refractivity contribution in [3.8, 4) is 11.5 Å². The summed E-state index contributed by atoms with van der Waals surface area (Å²) >= 11 is 0. The number of nitrogens with one attached hydrogen (secondary N) is 1. The van der Waals surface area contributed by atoms with Crippen LogP contribution < -0.4 is 14.8 Å². The third kappa shape index (κ3) is 6.69. The van der Waals surface area contributed by atoms with Gasteiger partial charge in [-0.15, -0.1) is 0 Å². The largest absolute Gasteiger partial charge is 0.490 e. The van der Waals surface area contributed by atoms with Crippen molar-refractivity contribution < 1.29 is 24.0 Å². The second-order valence-corrected chi connectivity index (χ2v) is 7.73. The second-order valence-electron chi connectivity index (χ2n) is 7.73. The summed E-state index contributed by atoms with van der Waals surface area (Å²) < 4.78 is 10.6. The number of nitro benzene ring substituents is 1. The van der Waals surface area contributed by atoms with E-state index in [1.165, 1.54) is 30.2 Å². The Bertz CT molecular complexity index is 976. The zero-order valence-corrected chi connectivity index (χ0v) is 19.0. The zero-order chi connectivity index (χ0) is 23.8. The van der Waals surface area contributed by atoms with Crippen molar-refractivity contribution in [2.24, 2.45) is 0 Å². The summed E-state index contributed by atoms with van der Waals surface area (Å²) in [5.74, 6) is -0.384. The lowest BCUT2D eigenvalue weighted by atomic mass is 10.1. The maximum Gasteiger partial charge on any atom is 0.311 e. The standard InChI is InChI=1S/C23H29N3O6/c1-15(2)24-23(28)17(4)25(13-18-8-6-7-16(3)11-18)22(27)14-32-19-9-10-20(26(29)30)21(12-19)31-5/h6-12,15,17H,13-14H2,1-5H3,(H,24,28). The molecule has 0 aromatic heterocycles. The minimum atomic E-state index is -0.722. The number of nitro groups is 1. The second kappa shape index (κ2) is 11.1. The molecule has 172 valence electrons. The highest BCUT2D eigenvalue weighted by Crippen LogP contribution is 2.30. The molecule has 9 heteroatoms. The van der Waals surface area contributed by atoms with Gasteiger partial charge < -0.3 is 19.7 Å². The van der Waals surface area contributed by atoms with Crippen LogP contribution in [-0.2, 0) is 16.1 Å². The summed E-state index contributed by atoms with van der Waals surface area (Å²) in [5.41, 5.74) is 1.73. The number of rotatable bonds is 10. The number of benzene rings is 2. The van der Waals surface area contributed by atoms with Gasteiger partial charge in [0.15, 0.2) is 6.61 Å². The van der Waals surface area contributed by atoms with E-state index in [-0.39, 0.29) is 42.3 Å². The van der Waals surface area contributed by atoms with Crippen LogP contribution in [0, 0.1) is 17.0 Å². The molecule has 2 amide bonds. The molecule has 0 bridgehead atoms. The molecular formula is C23H29N3O6. The molecule has 0 saturated heterocycles. The quantitative estimate of drug-likeness (QED) is 0.446. The molecule has 0 aliphatic heterocycles. The minimum absolute atomic E-state index is 0.0289. The SMILES string of the molecule is COc1cc(OCC(=O)N(Cc2cccc(C)c2)C(C)C(=O)NC(C)C)ccc1[N+](=O)[O-]. The van der Waals surface area contributed by atoms with Crippen molar-refractivity contribution in [3.05, 3.63) is 63.7 Å². The molecular weight excluding hydrogens is 414 g/mol. The van der Waals surface area contributed by atoms with E-state index in [2.05, 4.69) is 5.32 Å². The Balaban J connectivity index is 2.20. The van der Waals surface area contributed by atoms with Gasteiger partial charge in [0.2, 0.25) is 11.7 Å². The van der Waals surface area contributed by atoms with Crippen LogP contribution in [-0.4, -0.2) is 47.4 Å². The van der Waals surface area contributed by atoms with Gasteiger partial charge >= 0.3 is 5.69 Å². The molecule has 1 atom stereocenters. The van der Waals surface area contributed by atoms with Crippen molar-refractivity contribution in [3.63, 3.8) is 0 Å². The highest BCUT2D eigenvalue weighted by Gasteiger charge is 2.27. The molecule has 9 nitrogen and oxygen atoms in total. The number of carbonyl (C=O) groups is 2. The van der Waals surface area contributed by atoms with E-state index in [0.29, 0.717) is 0 Å². The predicted molar refractivity (Wildman–Crippen MR) is 120 cm³/mol. The van der Waals surface area contributed by atoms with E-state index < -0.39 is 16.9 Å². The fourth-order valence-electron chi connectivity index (χ4n) is 3.12. The summed E-state index contributed by atoms with van der Waals surface area (Å²) in [6, 6.07) is 10.9. The molecule has 0 radical (unpaired) electrons. The van der Waals surface area contributed by atoms with Crippen LogP contribution in [0.3, 0.4) is 0 Å². The van der Waals surface area contributed by atoms with E-state index in [0.717, 1.165) is 11.1 Å². The number of ether oxygens (including phenoxy) is 2. The molecule has 0 heterocycles. The maximum absolute atomic E-state index is 13.0. The highest BCUT2D eigenvalue weighted by atomic mass is 16.6. The molecule has 32 heavy (non-hydrogen) atoms. The van der Waals surface area contributed by atoms with Gasteiger partial charge in [-0.1, -0.05) is 29.8 Å². The van der Waals surface area contributed by atoms with Gasteiger partial charge in [0, 0.05) is 24.7 Å². The van der Waals surface area contributed by atoms with E-state index in [1.54, 1.807) is 6.92 Å². The summed E-state index contributed by atoms with van der Waals surface area (Å²) in [5, 5.41) is 13.9. The van der Waals surface area contributed by atoms with Crippen LogP contribution in [0.5, 0.6) is 11.5 Å². The normalized spacial score (nSPS) is 11.6. The van der Waals surface area contributed by atoms with Crippen LogP contribution >= 0.6 is 0 Å². The molecule has 0 aliphatic carbocycles. The summed E-state index contributed by atoms with van der Waals surface area (Å²) in [6.45, 7) is 7.22. The Kier molecular flexibility index (Phi) is 8.57. The van der Waals surface area contributed by atoms with Gasteiger partial charge in [-0.3, -0.25) is 19.7 Å². The van der Waals surface area contributed by atoms with Crippen molar-refractivity contribution >= 4 is 17.5 Å². The van der Waals surface area contributed by atoms with E-state index in [1.807, 2.05) is 45.0 Å². The van der Waals surface area contributed by atoms with Crippen LogP contribution in [0.2, 0.25) is 0 Å². The molecule has 0 fully saturated rings. The molecule has 1 unspecified atom stereocenters. The number of carbonyl (C=O) groups excluding carboxylic acids is 2. The van der Waals surface area contributed by atoms with E-state index in [4.69, 9.17) is 9.47 Å². The lowest BCUT2D eigenvalue weighted by molar-refractivity contribution is -0.385. The predicted octanol–water partition coefficient (Wildman–Crippen LogP) is 3.23. The van der Waals surface area contributed by atoms with Crippen LogP contribution in [0.25, 0.3) is 0 Å². The summed E-state index contributed by atoms with van der Waals surface area (Å²) in [7, 11) is 1.32. The van der Waals surface area contributed by atoms with Crippen molar-refractivity contribution in [2.45, 2.75) is 46.3 Å². The number of amides is 2. The monoisotopic (exact) mass is 443 g/mol. The first-order chi connectivity index (χ1) is 15.1. The molecule has 0 aliphatic rings. The number of nitrogens with zero attached hydrogens (tertiary/aromatic N) is 2. The first kappa shape index (κ1) is 24.6. The zero-order valence-electron chi connectivity index (χ0n) is 19.0. The lowest BCUT2D eigenvalue weighted by Crippen LogP contribution is -2.50. The maximum atomic E-state index is 13.0. The van der Waals surface area contributed by atoms with Crippen molar-refractivity contribution in [1.29, 1.82) is 0 Å². The Morgan fingerprint density at radius 1 is 1.16 bits per heavy atom. The smallest absolute Gasteiger partial charge is 0.311 e. The summed E-state index contributed by atoms with van der Waals surface area (Å²) in [4.78, 5) is 37.6. The molecule has 2 rings (SSSR count). The third-order valence-electron chi connectivity index (χ3n) is 4.74. The van der Waals surface area contributed by atoms with Crippen molar-refractivity contribution in [1.82, 2.24) is 10.2 Å². The molecule has 0 spiro atoms. The Hall–Kier alpha value is -3.62. The van der Waals surface area contributed by atoms with Crippen LogP contribution in [0.15, 0.2) is 42.5 Å². The number of aryl methyl sites for hydroxylation is 1. The Morgan fingerprint density at radius 2 is 1.88 bits per heavy atom. The average molecular weight is 444 g/mol. The Morgan fingerprint density at radius 3 is 2.47 bits per heavy atom. The highest BCUT2D eigenvalue weighted by molar-refractivity contribution is 5.88. The Labute approximate surface area is 187 Å². The first-order valence-electron chi connectivity index (χ1n) is 10.2. The van der Waals surface area contributed by atoms with Crippen molar-refractivity contribution in [2.75, 3.05) is 13.7 Å². The molecule has 2 aromatic rings. The lowest BCUT2D eigenvalue weighted by Gasteiger charge is -2.29. The third-order valence-corrected chi connectivity index (χ3v) is 4.74. The minimum Gasteiger partial charge on any atom is -0.490 e. The number of hydrogen-bond donors (Lipinski definition) is 1. The number of hydrogen-bond acceptors (Lipinski definition) is 6. The summed E-state index contributed by atoms with van der Waals surface area (Å²) in [6.07, 6.45) is 0. The molecule has 0 saturated carbocycles. The van der Waals surface area contributed by atoms with E-state index >= 15 is 0 Å². The fourth-order valence-corrected chi connectivity index (χ4v) is 3.12.